The van der Waals surface area contributed by atoms with Crippen LogP contribution in [0.3, 0.4) is 0 Å². The van der Waals surface area contributed by atoms with Gasteiger partial charge in [0.25, 0.3) is 10.1 Å². The summed E-state index contributed by atoms with van der Waals surface area (Å²) in [5, 5.41) is 12.3. The van der Waals surface area contributed by atoms with Gasteiger partial charge in [-0.3, -0.25) is 4.55 Å². The Morgan fingerprint density at radius 1 is 0.806 bits per heavy atom. The first kappa shape index (κ1) is 28.6. The van der Waals surface area contributed by atoms with Gasteiger partial charge in [0, 0.05) is 0 Å². The minimum absolute atomic E-state index is 0. The van der Waals surface area contributed by atoms with E-state index < -0.39 is 20.8 Å². The molecule has 5 nitrogen and oxygen atoms in total. The molecule has 2 aromatic rings. The van der Waals surface area contributed by atoms with Crippen LogP contribution in [0.25, 0.3) is 0 Å². The van der Waals surface area contributed by atoms with E-state index in [4.69, 9.17) is 4.74 Å². The van der Waals surface area contributed by atoms with Crippen molar-refractivity contribution in [3.05, 3.63) is 48.0 Å². The number of unbranched alkanes of at least 4 members (excludes halogenated alkanes) is 9. The van der Waals surface area contributed by atoms with Gasteiger partial charge in [0.1, 0.15) is 11.5 Å². The molecular formula is C24H33KO5S. The smallest absolute Gasteiger partial charge is 0.869 e. The molecule has 0 aromatic heterocycles. The Morgan fingerprint density at radius 3 is 1.97 bits per heavy atom. The fraction of sp³-hybridized carbons (Fsp3) is 0.500. The maximum absolute atomic E-state index is 12.3. The molecule has 0 aliphatic heterocycles. The van der Waals surface area contributed by atoms with Crippen molar-refractivity contribution in [1.29, 1.82) is 0 Å². The Balaban J connectivity index is 0.00000480. The van der Waals surface area contributed by atoms with Crippen LogP contribution in [0.15, 0.2) is 47.4 Å². The summed E-state index contributed by atoms with van der Waals surface area (Å²) in [4.78, 5) is -0.674. The van der Waals surface area contributed by atoms with Gasteiger partial charge in [-0.2, -0.15) is 8.42 Å². The van der Waals surface area contributed by atoms with E-state index >= 15 is 0 Å². The van der Waals surface area contributed by atoms with Gasteiger partial charge in [-0.05, 0) is 42.4 Å². The van der Waals surface area contributed by atoms with Crippen LogP contribution in [0.2, 0.25) is 0 Å². The zero-order valence-corrected chi connectivity index (χ0v) is 22.7. The van der Waals surface area contributed by atoms with Crippen LogP contribution >= 0.6 is 0 Å². The van der Waals surface area contributed by atoms with E-state index in [-0.39, 0.29) is 57.1 Å². The van der Waals surface area contributed by atoms with E-state index in [0.29, 0.717) is 5.75 Å². The van der Waals surface area contributed by atoms with Crippen molar-refractivity contribution >= 4 is 10.1 Å². The Bertz CT molecular complexity index is 883. The third-order valence-corrected chi connectivity index (χ3v) is 6.09. The SMILES string of the molecule is CCCCCCCCCCCCc1ccccc1Oc1cccc(S(=O)(=O)O)c1[O-].[K+]. The van der Waals surface area contributed by atoms with Crippen molar-refractivity contribution in [3.63, 3.8) is 0 Å². The molecule has 0 spiro atoms. The van der Waals surface area contributed by atoms with Crippen molar-refractivity contribution in [2.75, 3.05) is 0 Å². The van der Waals surface area contributed by atoms with Crippen molar-refractivity contribution in [2.45, 2.75) is 82.4 Å². The van der Waals surface area contributed by atoms with Gasteiger partial charge in [-0.1, -0.05) is 89.0 Å². The minimum atomic E-state index is -4.58. The zero-order chi connectivity index (χ0) is 21.8. The van der Waals surface area contributed by atoms with Crippen LogP contribution < -0.4 is 61.2 Å². The number of hydrogen-bond acceptors (Lipinski definition) is 4. The standard InChI is InChI=1S/C24H34O5S.K/c1-2-3-4-5-6-7-8-9-10-11-15-20-16-12-13-17-21(20)29-22-18-14-19-23(24(22)25)30(26,27)28;/h12-14,16-19,25H,2-11,15H2,1H3,(H,26,27,28);/q;+1/p-1. The summed E-state index contributed by atoms with van der Waals surface area (Å²) in [6.45, 7) is 2.24. The summed E-state index contributed by atoms with van der Waals surface area (Å²) in [5.74, 6) is -0.410. The molecule has 0 radical (unpaired) electrons. The molecule has 166 valence electrons. The second-order valence-corrected chi connectivity index (χ2v) is 9.09. The van der Waals surface area contributed by atoms with Gasteiger partial charge >= 0.3 is 51.4 Å². The van der Waals surface area contributed by atoms with Crippen LogP contribution in [0.1, 0.15) is 76.7 Å². The molecule has 0 saturated carbocycles. The second-order valence-electron chi connectivity index (χ2n) is 7.70. The summed E-state index contributed by atoms with van der Waals surface area (Å²) >= 11 is 0. The molecule has 0 aliphatic carbocycles. The minimum Gasteiger partial charge on any atom is -0.869 e. The summed E-state index contributed by atoms with van der Waals surface area (Å²) < 4.78 is 37.6. The third kappa shape index (κ3) is 10.4. The number of benzene rings is 2. The number of rotatable bonds is 14. The van der Waals surface area contributed by atoms with E-state index in [1.807, 2.05) is 18.2 Å². The van der Waals surface area contributed by atoms with Crippen LogP contribution in [-0.2, 0) is 16.5 Å². The number of ether oxygens (including phenoxy) is 1. The van der Waals surface area contributed by atoms with Crippen LogP contribution in [0, 0.1) is 0 Å². The monoisotopic (exact) mass is 472 g/mol. The van der Waals surface area contributed by atoms with E-state index in [0.717, 1.165) is 30.9 Å². The molecule has 0 amide bonds. The molecule has 0 unspecified atom stereocenters. The van der Waals surface area contributed by atoms with Crippen molar-refractivity contribution in [3.8, 4) is 17.2 Å². The maximum Gasteiger partial charge on any atom is 1.00 e. The van der Waals surface area contributed by atoms with Crippen LogP contribution in [0.4, 0.5) is 0 Å². The van der Waals surface area contributed by atoms with Crippen LogP contribution in [-0.4, -0.2) is 13.0 Å². The Hall–Kier alpha value is -0.414. The van der Waals surface area contributed by atoms with Gasteiger partial charge in [0.15, 0.2) is 0 Å². The van der Waals surface area contributed by atoms with E-state index in [1.54, 1.807) is 6.07 Å². The summed E-state index contributed by atoms with van der Waals surface area (Å²) in [6, 6.07) is 11.3. The topological polar surface area (TPSA) is 86.7 Å². The van der Waals surface area contributed by atoms with Crippen molar-refractivity contribution < 1.29 is 74.2 Å². The summed E-state index contributed by atoms with van der Waals surface area (Å²) in [5.41, 5.74) is 0.980. The largest absolute Gasteiger partial charge is 1.00 e. The fourth-order valence-corrected chi connectivity index (χ4v) is 4.10. The Labute approximate surface area is 229 Å². The van der Waals surface area contributed by atoms with Gasteiger partial charge in [0.05, 0.1) is 4.90 Å². The molecular weight excluding hydrogens is 439 g/mol. The first-order chi connectivity index (χ1) is 14.4. The predicted molar refractivity (Wildman–Crippen MR) is 118 cm³/mol. The van der Waals surface area contributed by atoms with E-state index in [9.17, 15) is 18.1 Å². The quantitative estimate of drug-likeness (QED) is 0.259. The van der Waals surface area contributed by atoms with Gasteiger partial charge in [0.2, 0.25) is 0 Å². The molecule has 0 aliphatic rings. The average Bonchev–Trinajstić information content (AvgIpc) is 2.71. The molecule has 31 heavy (non-hydrogen) atoms. The van der Waals surface area contributed by atoms with E-state index in [1.165, 1.54) is 63.5 Å². The predicted octanol–water partition coefficient (Wildman–Crippen LogP) is 3.27. The third-order valence-electron chi connectivity index (χ3n) is 5.21. The van der Waals surface area contributed by atoms with E-state index in [2.05, 4.69) is 6.92 Å². The van der Waals surface area contributed by atoms with Gasteiger partial charge in [-0.25, -0.2) is 0 Å². The molecule has 0 bridgehead atoms. The van der Waals surface area contributed by atoms with Gasteiger partial charge < -0.3 is 9.84 Å². The molecule has 7 heteroatoms. The average molecular weight is 473 g/mol. The Kier molecular flexibility index (Phi) is 14.2. The van der Waals surface area contributed by atoms with Crippen molar-refractivity contribution in [2.24, 2.45) is 0 Å². The molecule has 0 fully saturated rings. The first-order valence-corrected chi connectivity index (χ1v) is 12.4. The molecule has 1 N–H and O–H groups in total. The first-order valence-electron chi connectivity index (χ1n) is 11.0. The number of hydrogen-bond donors (Lipinski definition) is 1. The Morgan fingerprint density at radius 2 is 1.35 bits per heavy atom. The molecule has 2 rings (SSSR count). The second kappa shape index (κ2) is 15.4. The number of aryl methyl sites for hydroxylation is 1. The zero-order valence-electron chi connectivity index (χ0n) is 18.8. The summed E-state index contributed by atoms with van der Waals surface area (Å²) in [6.07, 6.45) is 13.5. The molecule has 2 aromatic carbocycles. The fourth-order valence-electron chi connectivity index (χ4n) is 3.51. The van der Waals surface area contributed by atoms with Crippen molar-refractivity contribution in [1.82, 2.24) is 0 Å². The maximum atomic E-state index is 12.3. The number of para-hydroxylation sites is 2. The normalized spacial score (nSPS) is 11.2. The molecule has 0 heterocycles. The van der Waals surface area contributed by atoms with Crippen LogP contribution in [0.5, 0.6) is 17.2 Å². The molecule has 0 atom stereocenters. The molecule has 0 saturated heterocycles. The summed E-state index contributed by atoms with van der Waals surface area (Å²) in [7, 11) is -4.58. The van der Waals surface area contributed by atoms with Gasteiger partial charge in [-0.15, -0.1) is 0 Å².